The highest BCUT2D eigenvalue weighted by Gasteiger charge is 2.30. The molecule has 0 saturated heterocycles. The van der Waals surface area contributed by atoms with Crippen molar-refractivity contribution in [2.75, 3.05) is 7.11 Å². The summed E-state index contributed by atoms with van der Waals surface area (Å²) in [4.78, 5) is 3.61. The van der Waals surface area contributed by atoms with Crippen LogP contribution in [-0.2, 0) is 6.18 Å². The highest BCUT2D eigenvalue weighted by Crippen LogP contribution is 2.30. The van der Waals surface area contributed by atoms with E-state index < -0.39 is 11.7 Å². The van der Waals surface area contributed by atoms with E-state index in [-0.39, 0.29) is 5.88 Å². The minimum Gasteiger partial charge on any atom is -0.497 e. The quantitative estimate of drug-likeness (QED) is 0.846. The molecule has 1 aromatic carbocycles. The smallest absolute Gasteiger partial charge is 0.417 e. The van der Waals surface area contributed by atoms with Crippen LogP contribution in [0.5, 0.6) is 17.4 Å². The monoisotopic (exact) mass is 269 g/mol. The molecule has 0 amide bonds. The summed E-state index contributed by atoms with van der Waals surface area (Å²) in [6.07, 6.45) is -3.66. The van der Waals surface area contributed by atoms with Crippen molar-refractivity contribution in [1.82, 2.24) is 4.98 Å². The summed E-state index contributed by atoms with van der Waals surface area (Å²) in [6.45, 7) is 0. The van der Waals surface area contributed by atoms with Crippen LogP contribution < -0.4 is 9.47 Å². The largest absolute Gasteiger partial charge is 0.497 e. The average molecular weight is 269 g/mol. The molecule has 0 unspecified atom stereocenters. The summed E-state index contributed by atoms with van der Waals surface area (Å²) in [5.74, 6) is 1.22. The van der Waals surface area contributed by atoms with Gasteiger partial charge in [0, 0.05) is 12.3 Å². The van der Waals surface area contributed by atoms with Crippen LogP contribution >= 0.6 is 0 Å². The number of ether oxygens (including phenoxy) is 2. The van der Waals surface area contributed by atoms with Gasteiger partial charge in [0.15, 0.2) is 0 Å². The Morgan fingerprint density at radius 2 is 1.58 bits per heavy atom. The summed E-state index contributed by atoms with van der Waals surface area (Å²) in [6, 6.07) is 8.73. The van der Waals surface area contributed by atoms with Crippen molar-refractivity contribution < 1.29 is 22.6 Å². The minimum absolute atomic E-state index is 0.0955. The first-order valence-corrected chi connectivity index (χ1v) is 5.34. The van der Waals surface area contributed by atoms with Crippen LogP contribution in [-0.4, -0.2) is 12.1 Å². The Morgan fingerprint density at radius 3 is 2.05 bits per heavy atom. The van der Waals surface area contributed by atoms with Crippen LogP contribution in [0.1, 0.15) is 5.56 Å². The maximum atomic E-state index is 12.3. The molecule has 2 aromatic rings. The van der Waals surface area contributed by atoms with Crippen LogP contribution in [0, 0.1) is 0 Å². The highest BCUT2D eigenvalue weighted by atomic mass is 19.4. The molecule has 6 heteroatoms. The fourth-order valence-electron chi connectivity index (χ4n) is 1.37. The lowest BCUT2D eigenvalue weighted by atomic mass is 10.3. The van der Waals surface area contributed by atoms with Gasteiger partial charge < -0.3 is 9.47 Å². The number of hydrogen-bond donors (Lipinski definition) is 0. The molecule has 19 heavy (non-hydrogen) atoms. The third kappa shape index (κ3) is 3.37. The number of benzene rings is 1. The molecule has 1 aromatic heterocycles. The third-order valence-corrected chi connectivity index (χ3v) is 2.35. The van der Waals surface area contributed by atoms with Crippen molar-refractivity contribution in [3.8, 4) is 17.4 Å². The van der Waals surface area contributed by atoms with E-state index in [9.17, 15) is 13.2 Å². The maximum absolute atomic E-state index is 12.3. The van der Waals surface area contributed by atoms with E-state index in [4.69, 9.17) is 9.47 Å². The Hall–Kier alpha value is -2.24. The summed E-state index contributed by atoms with van der Waals surface area (Å²) in [5.41, 5.74) is -0.811. The Kier molecular flexibility index (Phi) is 3.59. The number of halogens is 3. The molecule has 0 saturated carbocycles. The molecular formula is C13H10F3NO2. The first kappa shape index (κ1) is 13.2. The number of aromatic nitrogens is 1. The van der Waals surface area contributed by atoms with Gasteiger partial charge in [-0.25, -0.2) is 4.98 Å². The molecular weight excluding hydrogens is 259 g/mol. The molecule has 0 aliphatic rings. The Morgan fingerprint density at radius 1 is 0.947 bits per heavy atom. The van der Waals surface area contributed by atoms with Crippen LogP contribution in [0.4, 0.5) is 13.2 Å². The molecule has 0 bridgehead atoms. The fourth-order valence-corrected chi connectivity index (χ4v) is 1.37. The lowest BCUT2D eigenvalue weighted by molar-refractivity contribution is -0.137. The third-order valence-electron chi connectivity index (χ3n) is 2.35. The Balaban J connectivity index is 2.10. The zero-order valence-electron chi connectivity index (χ0n) is 9.94. The van der Waals surface area contributed by atoms with Crippen molar-refractivity contribution in [3.63, 3.8) is 0 Å². The molecule has 0 atom stereocenters. The van der Waals surface area contributed by atoms with Crippen molar-refractivity contribution >= 4 is 0 Å². The first-order valence-electron chi connectivity index (χ1n) is 5.34. The van der Waals surface area contributed by atoms with E-state index in [0.29, 0.717) is 11.5 Å². The van der Waals surface area contributed by atoms with Gasteiger partial charge in [0.2, 0.25) is 5.88 Å². The molecule has 3 nitrogen and oxygen atoms in total. The van der Waals surface area contributed by atoms with Crippen LogP contribution in [0.3, 0.4) is 0 Å². The number of alkyl halides is 3. The van der Waals surface area contributed by atoms with E-state index >= 15 is 0 Å². The summed E-state index contributed by atoms with van der Waals surface area (Å²) in [7, 11) is 1.54. The normalized spacial score (nSPS) is 11.2. The van der Waals surface area contributed by atoms with Gasteiger partial charge in [0.1, 0.15) is 11.5 Å². The predicted octanol–water partition coefficient (Wildman–Crippen LogP) is 3.90. The minimum atomic E-state index is -4.40. The van der Waals surface area contributed by atoms with E-state index in [1.165, 1.54) is 13.2 Å². The molecule has 0 fully saturated rings. The fraction of sp³-hybridized carbons (Fsp3) is 0.154. The van der Waals surface area contributed by atoms with Gasteiger partial charge >= 0.3 is 6.18 Å². The lowest BCUT2D eigenvalue weighted by Crippen LogP contribution is -2.05. The van der Waals surface area contributed by atoms with Crippen molar-refractivity contribution in [3.05, 3.63) is 48.2 Å². The number of methoxy groups -OCH3 is 1. The van der Waals surface area contributed by atoms with Gasteiger partial charge in [-0.05, 0) is 30.3 Å². The van der Waals surface area contributed by atoms with Gasteiger partial charge in [0.05, 0.1) is 12.7 Å². The van der Waals surface area contributed by atoms with E-state index in [2.05, 4.69) is 4.98 Å². The van der Waals surface area contributed by atoms with Gasteiger partial charge in [-0.15, -0.1) is 0 Å². The molecule has 1 heterocycles. The van der Waals surface area contributed by atoms with Crippen molar-refractivity contribution in [2.24, 2.45) is 0 Å². The van der Waals surface area contributed by atoms with E-state index in [1.807, 2.05) is 0 Å². The summed E-state index contributed by atoms with van der Waals surface area (Å²) in [5, 5.41) is 0. The second kappa shape index (κ2) is 5.17. The Labute approximate surface area is 107 Å². The number of rotatable bonds is 3. The topological polar surface area (TPSA) is 31.4 Å². The molecule has 2 rings (SSSR count). The molecule has 0 aliphatic carbocycles. The number of nitrogens with zero attached hydrogens (tertiary/aromatic N) is 1. The zero-order chi connectivity index (χ0) is 13.9. The molecule has 0 spiro atoms. The average Bonchev–Trinajstić information content (AvgIpc) is 2.39. The zero-order valence-corrected chi connectivity index (χ0v) is 9.94. The van der Waals surface area contributed by atoms with Gasteiger partial charge in [-0.3, -0.25) is 0 Å². The standard InChI is InChI=1S/C13H10F3NO2/c1-18-10-3-5-11(6-4-10)19-12-7-2-9(8-17-12)13(14,15)16/h2-8H,1H3. The van der Waals surface area contributed by atoms with Crippen molar-refractivity contribution in [2.45, 2.75) is 6.18 Å². The van der Waals surface area contributed by atoms with Gasteiger partial charge in [0.25, 0.3) is 0 Å². The molecule has 100 valence electrons. The maximum Gasteiger partial charge on any atom is 0.417 e. The lowest BCUT2D eigenvalue weighted by Gasteiger charge is -2.08. The molecule has 0 N–H and O–H groups in total. The van der Waals surface area contributed by atoms with Gasteiger partial charge in [-0.1, -0.05) is 0 Å². The summed E-state index contributed by atoms with van der Waals surface area (Å²) >= 11 is 0. The van der Waals surface area contributed by atoms with Gasteiger partial charge in [-0.2, -0.15) is 13.2 Å². The predicted molar refractivity (Wildman–Crippen MR) is 62.3 cm³/mol. The second-order valence-electron chi connectivity index (χ2n) is 3.66. The number of hydrogen-bond acceptors (Lipinski definition) is 3. The second-order valence-corrected chi connectivity index (χ2v) is 3.66. The van der Waals surface area contributed by atoms with Crippen LogP contribution in [0.25, 0.3) is 0 Å². The van der Waals surface area contributed by atoms with Crippen LogP contribution in [0.2, 0.25) is 0 Å². The first-order chi connectivity index (χ1) is 8.99. The van der Waals surface area contributed by atoms with Crippen LogP contribution in [0.15, 0.2) is 42.6 Å². The summed E-state index contributed by atoms with van der Waals surface area (Å²) < 4.78 is 47.3. The highest BCUT2D eigenvalue weighted by molar-refractivity contribution is 5.33. The molecule has 0 radical (unpaired) electrons. The molecule has 0 aliphatic heterocycles. The van der Waals surface area contributed by atoms with E-state index in [0.717, 1.165) is 12.3 Å². The SMILES string of the molecule is COc1ccc(Oc2ccc(C(F)(F)F)cn2)cc1. The number of pyridine rings is 1. The van der Waals surface area contributed by atoms with E-state index in [1.54, 1.807) is 24.3 Å². The Bertz CT molecular complexity index is 535. The van der Waals surface area contributed by atoms with Crippen molar-refractivity contribution in [1.29, 1.82) is 0 Å².